The summed E-state index contributed by atoms with van der Waals surface area (Å²) in [5.41, 5.74) is 2.45. The van der Waals surface area contributed by atoms with Gasteiger partial charge in [0.1, 0.15) is 6.04 Å². The van der Waals surface area contributed by atoms with E-state index in [1.165, 1.54) is 0 Å². The number of rotatable bonds is 7. The van der Waals surface area contributed by atoms with Crippen molar-refractivity contribution in [1.29, 1.82) is 0 Å². The normalized spacial score (nSPS) is 13.0. The Kier molecular flexibility index (Phi) is 5.67. The fourth-order valence-corrected chi connectivity index (χ4v) is 4.16. The predicted octanol–water partition coefficient (Wildman–Crippen LogP) is 3.26. The molecule has 1 N–H and O–H groups in total. The highest BCUT2D eigenvalue weighted by atomic mass is 32.2. The van der Waals surface area contributed by atoms with Crippen molar-refractivity contribution in [3.05, 3.63) is 65.8 Å². The van der Waals surface area contributed by atoms with Gasteiger partial charge in [0.05, 0.1) is 5.75 Å². The van der Waals surface area contributed by atoms with Crippen LogP contribution in [0.5, 0.6) is 0 Å². The van der Waals surface area contributed by atoms with Crippen LogP contribution in [-0.2, 0) is 15.8 Å². The molecule has 7 nitrogen and oxygen atoms in total. The molecule has 0 amide bonds. The van der Waals surface area contributed by atoms with Gasteiger partial charge in [-0.2, -0.15) is 4.98 Å². The zero-order valence-corrected chi connectivity index (χ0v) is 16.3. The van der Waals surface area contributed by atoms with Crippen LogP contribution >= 0.6 is 0 Å². The van der Waals surface area contributed by atoms with Gasteiger partial charge in [-0.3, -0.25) is 4.98 Å². The second-order valence-corrected chi connectivity index (χ2v) is 8.54. The molecule has 3 aromatic rings. The van der Waals surface area contributed by atoms with Crippen molar-refractivity contribution < 1.29 is 12.9 Å². The summed E-state index contributed by atoms with van der Waals surface area (Å²) in [6, 6.07) is 10.4. The molecule has 8 heteroatoms. The third kappa shape index (κ3) is 4.99. The summed E-state index contributed by atoms with van der Waals surface area (Å²) in [5.74, 6) is 0.430. The summed E-state index contributed by atoms with van der Waals surface area (Å²) in [5, 5.41) is 3.95. The smallest absolute Gasteiger partial charge is 0.245 e. The molecule has 0 aliphatic carbocycles. The Morgan fingerprint density at radius 1 is 1.19 bits per heavy atom. The Bertz CT molecular complexity index is 1000. The largest absolute Gasteiger partial charge is 0.337 e. The van der Waals surface area contributed by atoms with Crippen molar-refractivity contribution in [2.75, 3.05) is 0 Å². The average molecular weight is 386 g/mol. The highest BCUT2D eigenvalue weighted by Crippen LogP contribution is 2.24. The van der Waals surface area contributed by atoms with Gasteiger partial charge < -0.3 is 4.52 Å². The molecular formula is C19H22N4O3S. The minimum Gasteiger partial charge on any atom is -0.337 e. The highest BCUT2D eigenvalue weighted by molar-refractivity contribution is 7.88. The van der Waals surface area contributed by atoms with E-state index in [1.807, 2.05) is 45.0 Å². The topological polar surface area (TPSA) is 98.0 Å². The standard InChI is InChI=1S/C19H22N4O3S/c1-13(2)17(19-21-18(22-26-19)16-8-5-9-20-11-16)23-27(24,25)12-15-7-4-6-14(3)10-15/h4-11,13,17,23H,12H2,1-3H3. The van der Waals surface area contributed by atoms with Crippen molar-refractivity contribution in [1.82, 2.24) is 19.8 Å². The molecule has 0 bridgehead atoms. The second kappa shape index (κ2) is 7.98. The van der Waals surface area contributed by atoms with Crippen LogP contribution in [0.4, 0.5) is 0 Å². The van der Waals surface area contributed by atoms with E-state index in [4.69, 9.17) is 4.52 Å². The molecule has 0 saturated carbocycles. The monoisotopic (exact) mass is 386 g/mol. The lowest BCUT2D eigenvalue weighted by Crippen LogP contribution is -2.33. The fraction of sp³-hybridized carbons (Fsp3) is 0.316. The number of aromatic nitrogens is 3. The fourth-order valence-electron chi connectivity index (χ4n) is 2.70. The van der Waals surface area contributed by atoms with Crippen LogP contribution in [0.3, 0.4) is 0 Å². The molecule has 2 heterocycles. The number of aryl methyl sites for hydroxylation is 1. The number of hydrogen-bond acceptors (Lipinski definition) is 6. The molecule has 0 aliphatic heterocycles. The number of nitrogens with zero attached hydrogens (tertiary/aromatic N) is 3. The van der Waals surface area contributed by atoms with E-state index in [0.29, 0.717) is 11.4 Å². The minimum absolute atomic E-state index is 0.0699. The lowest BCUT2D eigenvalue weighted by Gasteiger charge is -2.18. The summed E-state index contributed by atoms with van der Waals surface area (Å²) in [6.07, 6.45) is 3.28. The van der Waals surface area contributed by atoms with E-state index >= 15 is 0 Å². The summed E-state index contributed by atoms with van der Waals surface area (Å²) in [7, 11) is -3.59. The van der Waals surface area contributed by atoms with Gasteiger partial charge in [-0.15, -0.1) is 0 Å². The summed E-state index contributed by atoms with van der Waals surface area (Å²) in [6.45, 7) is 5.72. The van der Waals surface area contributed by atoms with E-state index in [-0.39, 0.29) is 17.6 Å². The lowest BCUT2D eigenvalue weighted by molar-refractivity contribution is 0.311. The van der Waals surface area contributed by atoms with Crippen molar-refractivity contribution in [3.63, 3.8) is 0 Å². The van der Waals surface area contributed by atoms with Gasteiger partial charge in [0, 0.05) is 18.0 Å². The first-order valence-electron chi connectivity index (χ1n) is 8.63. The van der Waals surface area contributed by atoms with E-state index in [1.54, 1.807) is 24.5 Å². The molecule has 1 aromatic carbocycles. The van der Waals surface area contributed by atoms with Crippen LogP contribution in [0.1, 0.15) is 36.9 Å². The molecule has 0 fully saturated rings. The van der Waals surface area contributed by atoms with E-state index in [0.717, 1.165) is 11.1 Å². The number of sulfonamides is 1. The molecule has 0 radical (unpaired) electrons. The zero-order chi connectivity index (χ0) is 19.4. The van der Waals surface area contributed by atoms with Gasteiger partial charge in [-0.1, -0.05) is 48.8 Å². The average Bonchev–Trinajstić information content (AvgIpc) is 3.10. The molecule has 27 heavy (non-hydrogen) atoms. The van der Waals surface area contributed by atoms with Crippen molar-refractivity contribution in [3.8, 4) is 11.4 Å². The zero-order valence-electron chi connectivity index (χ0n) is 15.5. The molecule has 0 aliphatic rings. The number of benzene rings is 1. The Labute approximate surface area is 158 Å². The first-order valence-corrected chi connectivity index (χ1v) is 10.3. The lowest BCUT2D eigenvalue weighted by atomic mass is 10.1. The molecule has 1 unspecified atom stereocenters. The van der Waals surface area contributed by atoms with Crippen LogP contribution in [0.2, 0.25) is 0 Å². The summed E-state index contributed by atoms with van der Waals surface area (Å²) >= 11 is 0. The summed E-state index contributed by atoms with van der Waals surface area (Å²) in [4.78, 5) is 8.39. The van der Waals surface area contributed by atoms with Gasteiger partial charge in [-0.25, -0.2) is 13.1 Å². The Hall–Kier alpha value is -2.58. The van der Waals surface area contributed by atoms with Gasteiger partial charge in [-0.05, 0) is 30.5 Å². The van der Waals surface area contributed by atoms with Crippen LogP contribution in [0, 0.1) is 12.8 Å². The maximum Gasteiger partial charge on any atom is 0.245 e. The van der Waals surface area contributed by atoms with Crippen LogP contribution in [0.15, 0.2) is 53.3 Å². The van der Waals surface area contributed by atoms with Crippen LogP contribution < -0.4 is 4.72 Å². The summed E-state index contributed by atoms with van der Waals surface area (Å²) < 4.78 is 33.4. The predicted molar refractivity (Wildman–Crippen MR) is 102 cm³/mol. The Balaban J connectivity index is 1.81. The van der Waals surface area contributed by atoms with Crippen molar-refractivity contribution in [2.24, 2.45) is 5.92 Å². The molecule has 2 aromatic heterocycles. The Morgan fingerprint density at radius 3 is 2.67 bits per heavy atom. The molecule has 1 atom stereocenters. The molecule has 0 saturated heterocycles. The van der Waals surface area contributed by atoms with E-state index in [2.05, 4.69) is 19.8 Å². The van der Waals surface area contributed by atoms with E-state index < -0.39 is 16.1 Å². The maximum absolute atomic E-state index is 12.7. The Morgan fingerprint density at radius 2 is 2.00 bits per heavy atom. The molecular weight excluding hydrogens is 364 g/mol. The van der Waals surface area contributed by atoms with E-state index in [9.17, 15) is 8.42 Å². The second-order valence-electron chi connectivity index (χ2n) is 6.79. The molecule has 3 rings (SSSR count). The van der Waals surface area contributed by atoms with Gasteiger partial charge in [0.15, 0.2) is 0 Å². The van der Waals surface area contributed by atoms with Gasteiger partial charge in [0.25, 0.3) is 0 Å². The van der Waals surface area contributed by atoms with Crippen LogP contribution in [0.25, 0.3) is 11.4 Å². The first kappa shape index (κ1) is 19.2. The number of nitrogens with one attached hydrogen (secondary N) is 1. The quantitative estimate of drug-likeness (QED) is 0.669. The number of hydrogen-bond donors (Lipinski definition) is 1. The van der Waals surface area contributed by atoms with Crippen molar-refractivity contribution in [2.45, 2.75) is 32.6 Å². The van der Waals surface area contributed by atoms with Crippen molar-refractivity contribution >= 4 is 10.0 Å². The van der Waals surface area contributed by atoms with Gasteiger partial charge >= 0.3 is 0 Å². The maximum atomic E-state index is 12.7. The number of pyridine rings is 1. The van der Waals surface area contributed by atoms with Gasteiger partial charge in [0.2, 0.25) is 21.7 Å². The third-order valence-corrected chi connectivity index (χ3v) is 5.37. The SMILES string of the molecule is Cc1cccc(CS(=O)(=O)NC(c2nc(-c3cccnc3)no2)C(C)C)c1. The van der Waals surface area contributed by atoms with Crippen LogP contribution in [-0.4, -0.2) is 23.5 Å². The minimum atomic E-state index is -3.59. The molecule has 142 valence electrons. The highest BCUT2D eigenvalue weighted by Gasteiger charge is 2.28. The molecule has 0 spiro atoms. The first-order chi connectivity index (χ1) is 12.8. The third-order valence-electron chi connectivity index (χ3n) is 4.04.